The zero-order valence-corrected chi connectivity index (χ0v) is 21.9. The van der Waals surface area contributed by atoms with Gasteiger partial charge in [-0.1, -0.05) is 72.0 Å². The number of carbonyl (C=O) groups is 1. The maximum Gasteiger partial charge on any atom is 0.337 e. The Bertz CT molecular complexity index is 1690. The Morgan fingerprint density at radius 1 is 1.10 bits per heavy atom. The predicted octanol–water partition coefficient (Wildman–Crippen LogP) is 6.76. The number of benzene rings is 4. The predicted molar refractivity (Wildman–Crippen MR) is 154 cm³/mol. The van der Waals surface area contributed by atoms with E-state index >= 15 is 0 Å². The number of anilines is 1. The number of aromatic nitrogens is 1. The van der Waals surface area contributed by atoms with Crippen LogP contribution in [0.4, 0.5) is 10.8 Å². The van der Waals surface area contributed by atoms with Crippen LogP contribution in [0.3, 0.4) is 0 Å². The Morgan fingerprint density at radius 3 is 2.64 bits per heavy atom. The van der Waals surface area contributed by atoms with Crippen molar-refractivity contribution in [1.29, 1.82) is 0 Å². The molecule has 1 unspecified atom stereocenters. The highest BCUT2D eigenvalue weighted by Crippen LogP contribution is 2.31. The molecule has 196 valence electrons. The molecule has 2 N–H and O–H groups in total. The quantitative estimate of drug-likeness (QED) is 0.121. The van der Waals surface area contributed by atoms with Crippen molar-refractivity contribution < 1.29 is 19.6 Å². The van der Waals surface area contributed by atoms with Gasteiger partial charge in [0.15, 0.2) is 5.13 Å². The zero-order valence-electron chi connectivity index (χ0n) is 21.0. The molecule has 1 heterocycles. The molecule has 5 rings (SSSR count). The van der Waals surface area contributed by atoms with E-state index in [1.165, 1.54) is 30.6 Å². The molecule has 4 aromatic carbocycles. The Hall–Kier alpha value is -4.60. The van der Waals surface area contributed by atoms with E-state index in [9.17, 15) is 20.0 Å². The van der Waals surface area contributed by atoms with Crippen LogP contribution in [0, 0.1) is 10.1 Å². The van der Waals surface area contributed by atoms with Gasteiger partial charge in [0.1, 0.15) is 0 Å². The summed E-state index contributed by atoms with van der Waals surface area (Å²) in [6.07, 6.45) is 1.58. The van der Waals surface area contributed by atoms with Crippen molar-refractivity contribution in [3.05, 3.63) is 117 Å². The number of carbonyl (C=O) groups excluding carboxylic acids is 1. The van der Waals surface area contributed by atoms with Crippen LogP contribution in [0.5, 0.6) is 0 Å². The Labute approximate surface area is 228 Å². The second kappa shape index (κ2) is 11.4. The van der Waals surface area contributed by atoms with Crippen LogP contribution in [0.1, 0.15) is 34.0 Å². The topological polar surface area (TPSA) is 115 Å². The maximum atomic E-state index is 11.8. The molecule has 39 heavy (non-hydrogen) atoms. The molecule has 0 spiro atoms. The summed E-state index contributed by atoms with van der Waals surface area (Å²) in [5.74, 6) is -0.408. The largest absolute Gasteiger partial charge is 0.465 e. The number of aliphatic hydroxyl groups excluding tert-OH is 1. The number of nitro groups is 1. The second-order valence-corrected chi connectivity index (χ2v) is 10.0. The number of hydrogen-bond donors (Lipinski definition) is 2. The molecular formula is C30H25N3O5S. The van der Waals surface area contributed by atoms with Crippen molar-refractivity contribution in [3.8, 4) is 0 Å². The third kappa shape index (κ3) is 5.95. The van der Waals surface area contributed by atoms with Crippen LogP contribution in [0.25, 0.3) is 27.1 Å². The molecule has 1 atom stereocenters. The highest BCUT2D eigenvalue weighted by molar-refractivity contribution is 7.22. The standard InChI is InChI=1S/C30H25N3O5S/c1-38-29(35)22-11-9-19(10-12-22)15-20(16-27(34)25-8-4-6-21-5-2-3-7-24(21)25)18-31-30-32-26-14-13-23(33(36)37)17-28(26)39-30/h2-15,17,27,34H,16,18H2,1H3,(H,31,32). The van der Waals surface area contributed by atoms with Crippen molar-refractivity contribution in [2.45, 2.75) is 12.5 Å². The summed E-state index contributed by atoms with van der Waals surface area (Å²) in [5.41, 5.74) is 3.76. The molecule has 8 nitrogen and oxygen atoms in total. The van der Waals surface area contributed by atoms with E-state index in [0.717, 1.165) is 27.5 Å². The summed E-state index contributed by atoms with van der Waals surface area (Å²) in [6.45, 7) is 0.391. The lowest BCUT2D eigenvalue weighted by Crippen LogP contribution is -2.09. The van der Waals surface area contributed by atoms with Crippen LogP contribution in [0.2, 0.25) is 0 Å². The first-order chi connectivity index (χ1) is 18.9. The van der Waals surface area contributed by atoms with E-state index in [-0.39, 0.29) is 5.69 Å². The van der Waals surface area contributed by atoms with Gasteiger partial charge >= 0.3 is 5.97 Å². The minimum absolute atomic E-state index is 0.0203. The molecule has 0 amide bonds. The van der Waals surface area contributed by atoms with Crippen molar-refractivity contribution >= 4 is 55.2 Å². The third-order valence-corrected chi connectivity index (χ3v) is 7.37. The molecule has 1 aromatic heterocycles. The number of aliphatic hydroxyl groups is 1. The number of hydrogen-bond acceptors (Lipinski definition) is 8. The summed E-state index contributed by atoms with van der Waals surface area (Å²) in [6, 6.07) is 25.5. The number of thiazole rings is 1. The van der Waals surface area contributed by atoms with E-state index in [1.807, 2.05) is 60.7 Å². The zero-order chi connectivity index (χ0) is 27.4. The fourth-order valence-corrected chi connectivity index (χ4v) is 5.34. The molecule has 0 bridgehead atoms. The molecule has 0 aliphatic carbocycles. The molecular weight excluding hydrogens is 514 g/mol. The smallest absolute Gasteiger partial charge is 0.337 e. The van der Waals surface area contributed by atoms with Crippen molar-refractivity contribution in [1.82, 2.24) is 4.98 Å². The molecule has 9 heteroatoms. The average molecular weight is 540 g/mol. The number of rotatable bonds is 9. The van der Waals surface area contributed by atoms with E-state index in [1.54, 1.807) is 18.2 Å². The Balaban J connectivity index is 1.42. The lowest BCUT2D eigenvalue weighted by Gasteiger charge is -2.17. The van der Waals surface area contributed by atoms with Crippen molar-refractivity contribution in [2.75, 3.05) is 19.0 Å². The van der Waals surface area contributed by atoms with Crippen LogP contribution in [-0.4, -0.2) is 34.6 Å². The minimum Gasteiger partial charge on any atom is -0.465 e. The fourth-order valence-electron chi connectivity index (χ4n) is 4.44. The normalized spacial score (nSPS) is 12.4. The first kappa shape index (κ1) is 26.0. The number of nitrogens with one attached hydrogen (secondary N) is 1. The van der Waals surface area contributed by atoms with Gasteiger partial charge < -0.3 is 15.2 Å². The molecule has 0 radical (unpaired) electrons. The van der Waals surface area contributed by atoms with E-state index < -0.39 is 17.0 Å². The van der Waals surface area contributed by atoms with Gasteiger partial charge in [0, 0.05) is 25.1 Å². The van der Waals surface area contributed by atoms with Gasteiger partial charge in [-0.2, -0.15) is 0 Å². The third-order valence-electron chi connectivity index (χ3n) is 6.39. The average Bonchev–Trinajstić information content (AvgIpc) is 3.38. The molecule has 0 aliphatic heterocycles. The Kier molecular flexibility index (Phi) is 7.62. The first-order valence-corrected chi connectivity index (χ1v) is 13.1. The van der Waals surface area contributed by atoms with Crippen LogP contribution >= 0.6 is 11.3 Å². The summed E-state index contributed by atoms with van der Waals surface area (Å²) in [4.78, 5) is 27.1. The summed E-state index contributed by atoms with van der Waals surface area (Å²) in [5, 5.41) is 28.4. The number of fused-ring (bicyclic) bond motifs is 2. The first-order valence-electron chi connectivity index (χ1n) is 12.2. The van der Waals surface area contributed by atoms with Gasteiger partial charge in [-0.25, -0.2) is 9.78 Å². The number of nitrogens with zero attached hydrogens (tertiary/aromatic N) is 2. The van der Waals surface area contributed by atoms with E-state index in [2.05, 4.69) is 10.3 Å². The number of esters is 1. The van der Waals surface area contributed by atoms with Crippen molar-refractivity contribution in [3.63, 3.8) is 0 Å². The second-order valence-electron chi connectivity index (χ2n) is 8.99. The van der Waals surface area contributed by atoms with Gasteiger partial charge in [0.25, 0.3) is 5.69 Å². The highest BCUT2D eigenvalue weighted by Gasteiger charge is 2.15. The van der Waals surface area contributed by atoms with Gasteiger partial charge in [-0.3, -0.25) is 10.1 Å². The summed E-state index contributed by atoms with van der Waals surface area (Å²) >= 11 is 1.33. The molecule has 0 fully saturated rings. The number of non-ortho nitro benzene ring substituents is 1. The summed E-state index contributed by atoms with van der Waals surface area (Å²) < 4.78 is 5.50. The highest BCUT2D eigenvalue weighted by atomic mass is 32.1. The minimum atomic E-state index is -0.753. The number of ether oxygens (including phenoxy) is 1. The van der Waals surface area contributed by atoms with Gasteiger partial charge in [0.2, 0.25) is 0 Å². The fraction of sp³-hybridized carbons (Fsp3) is 0.133. The summed E-state index contributed by atoms with van der Waals surface area (Å²) in [7, 11) is 1.34. The number of nitro benzene ring substituents is 1. The maximum absolute atomic E-state index is 11.8. The molecule has 0 saturated heterocycles. The molecule has 0 aliphatic rings. The SMILES string of the molecule is COC(=O)c1ccc(C=C(CNc2nc3ccc([N+](=O)[O-])cc3s2)CC(O)c2cccc3ccccc23)cc1. The lowest BCUT2D eigenvalue weighted by molar-refractivity contribution is -0.384. The molecule has 5 aromatic rings. The van der Waals surface area contributed by atoms with Gasteiger partial charge in [0.05, 0.1) is 33.9 Å². The Morgan fingerprint density at radius 2 is 1.87 bits per heavy atom. The van der Waals surface area contributed by atoms with Gasteiger partial charge in [-0.15, -0.1) is 0 Å². The van der Waals surface area contributed by atoms with E-state index in [0.29, 0.717) is 33.9 Å². The monoisotopic (exact) mass is 539 g/mol. The van der Waals surface area contributed by atoms with Crippen LogP contribution < -0.4 is 5.32 Å². The van der Waals surface area contributed by atoms with Crippen molar-refractivity contribution in [2.24, 2.45) is 0 Å². The van der Waals surface area contributed by atoms with Gasteiger partial charge in [-0.05, 0) is 45.7 Å². The van der Waals surface area contributed by atoms with E-state index in [4.69, 9.17) is 4.74 Å². The lowest BCUT2D eigenvalue weighted by atomic mass is 9.95. The molecule has 0 saturated carbocycles. The van der Waals surface area contributed by atoms with Crippen LogP contribution in [-0.2, 0) is 4.74 Å². The van der Waals surface area contributed by atoms with Crippen LogP contribution in [0.15, 0.2) is 90.5 Å². The number of methoxy groups -OCH3 is 1.